The highest BCUT2D eigenvalue weighted by atomic mass is 32.2. The van der Waals surface area contributed by atoms with Crippen LogP contribution in [0.5, 0.6) is 0 Å². The van der Waals surface area contributed by atoms with Gasteiger partial charge in [-0.05, 0) is 62.3 Å². The molecule has 6 heteroatoms. The summed E-state index contributed by atoms with van der Waals surface area (Å²) in [7, 11) is -3.62. The van der Waals surface area contributed by atoms with Crippen LogP contribution in [0.25, 0.3) is 0 Å². The van der Waals surface area contributed by atoms with E-state index in [0.717, 1.165) is 19.3 Å². The Hall–Kier alpha value is -1.43. The van der Waals surface area contributed by atoms with Crippen LogP contribution in [0.4, 0.5) is 0 Å². The molecule has 0 unspecified atom stereocenters. The number of ketones is 1. The van der Waals surface area contributed by atoms with Crippen LogP contribution in [-0.4, -0.2) is 20.0 Å². The monoisotopic (exact) mass is 349 g/mol. The van der Waals surface area contributed by atoms with Crippen LogP contribution in [0.1, 0.15) is 44.2 Å². The van der Waals surface area contributed by atoms with Gasteiger partial charge in [0.1, 0.15) is 11.5 Å². The number of sulfone groups is 1. The van der Waals surface area contributed by atoms with Gasteiger partial charge in [0.2, 0.25) is 5.69 Å². The number of pyridine rings is 1. The smallest absolute Gasteiger partial charge is 0.207 e. The zero-order valence-electron chi connectivity index (χ0n) is 13.7. The Labute approximate surface area is 142 Å². The lowest BCUT2D eigenvalue weighted by atomic mass is 9.48. The van der Waals surface area contributed by atoms with E-state index < -0.39 is 21.0 Å². The summed E-state index contributed by atoms with van der Waals surface area (Å²) in [5, 5.41) is 11.7. The lowest BCUT2D eigenvalue weighted by molar-refractivity contribution is -0.612. The van der Waals surface area contributed by atoms with Gasteiger partial charge in [0.15, 0.2) is 21.8 Å². The molecule has 5 rings (SSSR count). The van der Waals surface area contributed by atoms with Gasteiger partial charge in [-0.25, -0.2) is 8.42 Å². The minimum Gasteiger partial charge on any atom is -0.618 e. The van der Waals surface area contributed by atoms with E-state index in [1.807, 2.05) is 0 Å². The second-order valence-electron chi connectivity index (χ2n) is 8.17. The van der Waals surface area contributed by atoms with Crippen LogP contribution in [0, 0.1) is 28.4 Å². The molecule has 1 heterocycles. The third kappa shape index (κ3) is 2.85. The molecule has 4 aliphatic rings. The van der Waals surface area contributed by atoms with E-state index >= 15 is 0 Å². The van der Waals surface area contributed by atoms with E-state index in [4.69, 9.17) is 0 Å². The summed E-state index contributed by atoms with van der Waals surface area (Å²) in [6, 6.07) is 4.70. The minimum atomic E-state index is -3.62. The van der Waals surface area contributed by atoms with Crippen molar-refractivity contribution in [1.29, 1.82) is 0 Å². The summed E-state index contributed by atoms with van der Waals surface area (Å²) < 4.78 is 25.5. The fourth-order valence-corrected chi connectivity index (χ4v) is 7.14. The average Bonchev–Trinajstić information content (AvgIpc) is 2.47. The number of carbonyl (C=O) groups is 1. The van der Waals surface area contributed by atoms with Gasteiger partial charge in [0.05, 0.1) is 0 Å². The molecule has 0 atom stereocenters. The van der Waals surface area contributed by atoms with E-state index in [1.165, 1.54) is 31.5 Å². The summed E-state index contributed by atoms with van der Waals surface area (Å²) >= 11 is 0. The fraction of sp³-hybridized carbons (Fsp3) is 0.667. The van der Waals surface area contributed by atoms with Crippen LogP contribution in [0.15, 0.2) is 24.4 Å². The first-order chi connectivity index (χ1) is 11.4. The van der Waals surface area contributed by atoms with Gasteiger partial charge >= 0.3 is 0 Å². The Balaban J connectivity index is 1.50. The maximum atomic E-state index is 12.9. The van der Waals surface area contributed by atoms with E-state index in [0.29, 0.717) is 22.5 Å². The number of carbonyl (C=O) groups excluding carboxylic acids is 1. The van der Waals surface area contributed by atoms with Crippen molar-refractivity contribution in [2.45, 2.75) is 44.3 Å². The van der Waals surface area contributed by atoms with Gasteiger partial charge in [0, 0.05) is 17.5 Å². The van der Waals surface area contributed by atoms with Gasteiger partial charge in [-0.1, -0.05) is 0 Å². The molecule has 130 valence electrons. The number of aromatic nitrogens is 1. The highest BCUT2D eigenvalue weighted by molar-refractivity contribution is 7.91. The summed E-state index contributed by atoms with van der Waals surface area (Å²) in [4.78, 5) is 12.9. The first-order valence-corrected chi connectivity index (χ1v) is 10.6. The predicted molar refractivity (Wildman–Crippen MR) is 88.5 cm³/mol. The molecule has 24 heavy (non-hydrogen) atoms. The first kappa shape index (κ1) is 16.1. The van der Waals surface area contributed by atoms with Gasteiger partial charge in [-0.3, -0.25) is 4.79 Å². The van der Waals surface area contributed by atoms with Crippen molar-refractivity contribution in [3.05, 3.63) is 35.3 Å². The average molecular weight is 349 g/mol. The van der Waals surface area contributed by atoms with E-state index in [-0.39, 0.29) is 17.2 Å². The Morgan fingerprint density at radius 1 is 1.12 bits per heavy atom. The molecule has 4 aliphatic carbocycles. The Morgan fingerprint density at radius 2 is 1.71 bits per heavy atom. The third-order valence-corrected chi connectivity index (χ3v) is 7.69. The standard InChI is InChI=1S/C18H23NO4S/c20-17(12-24(22,23)11-16-3-1-2-4-19(16)21)18-8-13-5-14(9-18)7-15(6-13)10-18/h1-4,13-15H,5-12H2. The fourth-order valence-electron chi connectivity index (χ4n) is 5.66. The first-order valence-electron chi connectivity index (χ1n) is 8.76. The number of hydrogen-bond acceptors (Lipinski definition) is 4. The molecule has 4 bridgehead atoms. The number of nitrogens with zero attached hydrogens (tertiary/aromatic N) is 1. The van der Waals surface area contributed by atoms with Crippen molar-refractivity contribution in [3.8, 4) is 0 Å². The third-order valence-electron chi connectivity index (χ3n) is 6.25. The number of rotatable bonds is 5. The van der Waals surface area contributed by atoms with Crippen LogP contribution in [0.2, 0.25) is 0 Å². The molecule has 0 radical (unpaired) electrons. The zero-order valence-corrected chi connectivity index (χ0v) is 14.5. The van der Waals surface area contributed by atoms with Crippen molar-refractivity contribution < 1.29 is 17.9 Å². The molecule has 1 aromatic rings. The van der Waals surface area contributed by atoms with Crippen molar-refractivity contribution in [2.75, 3.05) is 5.75 Å². The van der Waals surface area contributed by atoms with E-state index in [2.05, 4.69) is 0 Å². The highest BCUT2D eigenvalue weighted by Crippen LogP contribution is 2.60. The lowest BCUT2D eigenvalue weighted by Crippen LogP contribution is -2.51. The lowest BCUT2D eigenvalue weighted by Gasteiger charge is -2.55. The Morgan fingerprint density at radius 3 is 2.25 bits per heavy atom. The van der Waals surface area contributed by atoms with Gasteiger partial charge < -0.3 is 5.21 Å². The summed E-state index contributed by atoms with van der Waals surface area (Å²) in [6.45, 7) is 0. The van der Waals surface area contributed by atoms with Crippen LogP contribution in [-0.2, 0) is 20.4 Å². The molecule has 0 aliphatic heterocycles. The largest absolute Gasteiger partial charge is 0.618 e. The topological polar surface area (TPSA) is 78.2 Å². The molecule has 0 saturated heterocycles. The zero-order chi connectivity index (χ0) is 16.9. The van der Waals surface area contributed by atoms with Crippen LogP contribution < -0.4 is 4.73 Å². The molecule has 0 spiro atoms. The number of hydrogen-bond donors (Lipinski definition) is 0. The summed E-state index contributed by atoms with van der Waals surface area (Å²) in [6.07, 6.45) is 7.57. The van der Waals surface area contributed by atoms with E-state index in [9.17, 15) is 18.4 Å². The van der Waals surface area contributed by atoms with Crippen LogP contribution in [0.3, 0.4) is 0 Å². The van der Waals surface area contributed by atoms with Gasteiger partial charge in [-0.15, -0.1) is 0 Å². The molecule has 0 N–H and O–H groups in total. The SMILES string of the molecule is O=C(CS(=O)(=O)Cc1cccc[n+]1[O-])C12CC3CC(CC(C3)C1)C2. The Kier molecular flexibility index (Phi) is 3.71. The van der Waals surface area contributed by atoms with Crippen LogP contribution >= 0.6 is 0 Å². The molecule has 5 nitrogen and oxygen atoms in total. The van der Waals surface area contributed by atoms with Crippen molar-refractivity contribution >= 4 is 15.6 Å². The Bertz CT molecular complexity index is 736. The summed E-state index contributed by atoms with van der Waals surface area (Å²) in [5.74, 6) is 0.946. The second kappa shape index (κ2) is 5.55. The molecule has 4 fully saturated rings. The minimum absolute atomic E-state index is 0.102. The van der Waals surface area contributed by atoms with Crippen molar-refractivity contribution in [3.63, 3.8) is 0 Å². The quantitative estimate of drug-likeness (QED) is 0.602. The maximum Gasteiger partial charge on any atom is 0.207 e. The molecule has 0 amide bonds. The predicted octanol–water partition coefficient (Wildman–Crippen LogP) is 2.02. The van der Waals surface area contributed by atoms with E-state index in [1.54, 1.807) is 12.1 Å². The second-order valence-corrected chi connectivity index (χ2v) is 10.2. The number of Topliss-reactive ketones (excluding diaryl/α,β-unsaturated/α-hetero) is 1. The van der Waals surface area contributed by atoms with Gasteiger partial charge in [0.25, 0.3) is 0 Å². The molecular formula is C18H23NO4S. The molecular weight excluding hydrogens is 326 g/mol. The molecule has 0 aromatic carbocycles. The highest BCUT2D eigenvalue weighted by Gasteiger charge is 2.54. The molecule has 1 aromatic heterocycles. The normalized spacial score (nSPS) is 34.4. The van der Waals surface area contributed by atoms with Crippen molar-refractivity contribution in [2.24, 2.45) is 23.2 Å². The summed E-state index contributed by atoms with van der Waals surface area (Å²) in [5.41, 5.74) is -0.220. The molecule has 4 saturated carbocycles. The van der Waals surface area contributed by atoms with Gasteiger partial charge in [-0.2, -0.15) is 4.73 Å². The van der Waals surface area contributed by atoms with Crippen molar-refractivity contribution in [1.82, 2.24) is 0 Å². The maximum absolute atomic E-state index is 12.9.